The molecule has 1 aliphatic carbocycles. The Kier molecular flexibility index (Phi) is 7.92. The predicted octanol–water partition coefficient (Wildman–Crippen LogP) is 4.35. The summed E-state index contributed by atoms with van der Waals surface area (Å²) >= 11 is 0. The van der Waals surface area contributed by atoms with Gasteiger partial charge in [-0.1, -0.05) is 37.8 Å². The van der Waals surface area contributed by atoms with Gasteiger partial charge >= 0.3 is 0 Å². The summed E-state index contributed by atoms with van der Waals surface area (Å²) in [6, 6.07) is 7.44. The molecule has 2 heterocycles. The molecule has 1 aliphatic heterocycles. The summed E-state index contributed by atoms with van der Waals surface area (Å²) < 4.78 is 6.53. The maximum atomic E-state index is 13.5. The third kappa shape index (κ3) is 5.70. The number of nitrogens with zero attached hydrogens (tertiary/aromatic N) is 4. The lowest BCUT2D eigenvalue weighted by Crippen LogP contribution is -2.51. The molecule has 1 aromatic carbocycles. The molecule has 7 nitrogen and oxygen atoms in total. The Morgan fingerprint density at radius 2 is 1.73 bits per heavy atom. The zero-order chi connectivity index (χ0) is 23.0. The number of hydrogen-bond acceptors (Lipinski definition) is 5. The first kappa shape index (κ1) is 23.2. The smallest absolute Gasteiger partial charge is 0.274 e. The van der Waals surface area contributed by atoms with Crippen LogP contribution in [0.3, 0.4) is 0 Å². The van der Waals surface area contributed by atoms with E-state index >= 15 is 0 Å². The monoisotopic (exact) mass is 450 g/mol. The van der Waals surface area contributed by atoms with Gasteiger partial charge in [-0.2, -0.15) is 0 Å². The van der Waals surface area contributed by atoms with Gasteiger partial charge in [-0.25, -0.2) is 4.98 Å². The minimum Gasteiger partial charge on any atom is -0.487 e. The molecule has 2 aromatic rings. The number of hydrogen-bond donors (Lipinski definition) is 0. The molecule has 1 saturated carbocycles. The number of carbonyl (C=O) groups excluding carboxylic acids is 2. The van der Waals surface area contributed by atoms with Gasteiger partial charge in [-0.05, 0) is 44.2 Å². The van der Waals surface area contributed by atoms with Crippen molar-refractivity contribution < 1.29 is 14.3 Å². The summed E-state index contributed by atoms with van der Waals surface area (Å²) in [6.07, 6.45) is 13.5. The summed E-state index contributed by atoms with van der Waals surface area (Å²) in [7, 11) is 1.86. The van der Waals surface area contributed by atoms with Gasteiger partial charge in [0.1, 0.15) is 17.5 Å². The second-order valence-corrected chi connectivity index (χ2v) is 9.09. The summed E-state index contributed by atoms with van der Waals surface area (Å²) in [5.41, 5.74) is 0.961. The number of rotatable bonds is 1. The minimum absolute atomic E-state index is 0.0136. The van der Waals surface area contributed by atoms with Crippen LogP contribution < -0.4 is 4.74 Å². The molecule has 7 heteroatoms. The van der Waals surface area contributed by atoms with Gasteiger partial charge in [0.2, 0.25) is 0 Å². The Balaban J connectivity index is 1.66. The van der Waals surface area contributed by atoms with Crippen LogP contribution in [0.2, 0.25) is 0 Å². The maximum absolute atomic E-state index is 13.5. The lowest BCUT2D eigenvalue weighted by molar-refractivity contribution is 0.0266. The molecule has 0 unspecified atom stereocenters. The van der Waals surface area contributed by atoms with E-state index in [9.17, 15) is 9.59 Å². The highest BCUT2D eigenvalue weighted by atomic mass is 16.5. The number of ether oxygens (including phenoxy) is 1. The van der Waals surface area contributed by atoms with E-state index in [1.165, 1.54) is 0 Å². The van der Waals surface area contributed by atoms with E-state index in [1.807, 2.05) is 36.2 Å². The Hall–Kier alpha value is -2.96. The highest BCUT2D eigenvalue weighted by molar-refractivity contribution is 5.96. The largest absolute Gasteiger partial charge is 0.487 e. The molecule has 4 rings (SSSR count). The third-order valence-corrected chi connectivity index (χ3v) is 6.75. The van der Waals surface area contributed by atoms with Crippen molar-refractivity contribution in [2.45, 2.75) is 69.9 Å². The highest BCUT2D eigenvalue weighted by Crippen LogP contribution is 2.31. The maximum Gasteiger partial charge on any atom is 0.274 e. The van der Waals surface area contributed by atoms with Crippen molar-refractivity contribution in [3.8, 4) is 5.75 Å². The second kappa shape index (κ2) is 11.3. The first-order chi connectivity index (χ1) is 16.1. The standard InChI is InChI=1S/C26H34N4O3/c1-29-17-9-3-2-4-10-18-30(26(32)21-19-27-15-16-28-21)22-12-6-8-14-24(22)33-23-13-7-5-11-20(23)25(29)31/h5,7,11,13,15-16,19,22,24H,2-4,6,8-10,12,14,17-18H2,1H3/t22-,24+/m1/s1. The van der Waals surface area contributed by atoms with Gasteiger partial charge in [0.25, 0.3) is 11.8 Å². The number of carbonyl (C=O) groups is 2. The average Bonchev–Trinajstić information content (AvgIpc) is 2.86. The summed E-state index contributed by atoms with van der Waals surface area (Å²) in [5, 5.41) is 0. The molecule has 2 aliphatic rings. The van der Waals surface area contributed by atoms with Crippen LogP contribution in [0.4, 0.5) is 0 Å². The Labute approximate surface area is 196 Å². The first-order valence-electron chi connectivity index (χ1n) is 12.2. The third-order valence-electron chi connectivity index (χ3n) is 6.75. The van der Waals surface area contributed by atoms with Crippen LogP contribution in [0, 0.1) is 0 Å². The van der Waals surface area contributed by atoms with Crippen molar-refractivity contribution in [1.29, 1.82) is 0 Å². The lowest BCUT2D eigenvalue weighted by atomic mass is 9.90. The van der Waals surface area contributed by atoms with E-state index in [0.29, 0.717) is 23.6 Å². The molecule has 0 spiro atoms. The fraction of sp³-hybridized carbons (Fsp3) is 0.538. The van der Waals surface area contributed by atoms with E-state index < -0.39 is 0 Å². The Morgan fingerprint density at radius 1 is 0.970 bits per heavy atom. The van der Waals surface area contributed by atoms with Crippen molar-refractivity contribution in [1.82, 2.24) is 19.8 Å². The molecule has 0 N–H and O–H groups in total. The van der Waals surface area contributed by atoms with Crippen LogP contribution in [-0.4, -0.2) is 63.9 Å². The first-order valence-corrected chi connectivity index (χ1v) is 12.2. The van der Waals surface area contributed by atoms with Gasteiger partial charge in [0.15, 0.2) is 0 Å². The van der Waals surface area contributed by atoms with E-state index in [0.717, 1.165) is 64.3 Å². The highest BCUT2D eigenvalue weighted by Gasteiger charge is 2.36. The molecule has 1 aromatic heterocycles. The molecular formula is C26H34N4O3. The molecule has 0 saturated heterocycles. The lowest BCUT2D eigenvalue weighted by Gasteiger charge is -2.40. The van der Waals surface area contributed by atoms with Crippen LogP contribution in [0.25, 0.3) is 0 Å². The van der Waals surface area contributed by atoms with Gasteiger partial charge < -0.3 is 14.5 Å². The number of fused-ring (bicyclic) bond motifs is 2. The number of para-hydroxylation sites is 1. The van der Waals surface area contributed by atoms with Crippen LogP contribution in [-0.2, 0) is 0 Å². The van der Waals surface area contributed by atoms with Crippen molar-refractivity contribution in [3.63, 3.8) is 0 Å². The van der Waals surface area contributed by atoms with Crippen LogP contribution >= 0.6 is 0 Å². The van der Waals surface area contributed by atoms with Crippen LogP contribution in [0.1, 0.15) is 78.6 Å². The number of amides is 2. The van der Waals surface area contributed by atoms with Crippen LogP contribution in [0.15, 0.2) is 42.9 Å². The average molecular weight is 451 g/mol. The van der Waals surface area contributed by atoms with Gasteiger partial charge in [-0.3, -0.25) is 14.6 Å². The minimum atomic E-state index is -0.163. The Bertz CT molecular complexity index is 936. The predicted molar refractivity (Wildman–Crippen MR) is 126 cm³/mol. The van der Waals surface area contributed by atoms with E-state index in [-0.39, 0.29) is 24.0 Å². The molecule has 1 fully saturated rings. The molecular weight excluding hydrogens is 416 g/mol. The number of aromatic nitrogens is 2. The van der Waals surface area contributed by atoms with Crippen molar-refractivity contribution >= 4 is 11.8 Å². The van der Waals surface area contributed by atoms with Gasteiger partial charge in [0.05, 0.1) is 17.8 Å². The Morgan fingerprint density at radius 3 is 2.55 bits per heavy atom. The molecule has 2 atom stereocenters. The molecule has 33 heavy (non-hydrogen) atoms. The number of benzene rings is 1. The topological polar surface area (TPSA) is 75.6 Å². The van der Waals surface area contributed by atoms with Crippen LogP contribution in [0.5, 0.6) is 5.75 Å². The molecule has 0 bridgehead atoms. The van der Waals surface area contributed by atoms with E-state index in [1.54, 1.807) is 23.5 Å². The summed E-state index contributed by atoms with van der Waals surface area (Å²) in [6.45, 7) is 1.41. The summed E-state index contributed by atoms with van der Waals surface area (Å²) in [5.74, 6) is 0.505. The molecule has 176 valence electrons. The zero-order valence-corrected chi connectivity index (χ0v) is 19.5. The van der Waals surface area contributed by atoms with Gasteiger partial charge in [0, 0.05) is 32.5 Å². The quantitative estimate of drug-likeness (QED) is 0.646. The van der Waals surface area contributed by atoms with Crippen molar-refractivity contribution in [2.24, 2.45) is 0 Å². The second-order valence-electron chi connectivity index (χ2n) is 9.09. The van der Waals surface area contributed by atoms with Crippen molar-refractivity contribution in [2.75, 3.05) is 20.1 Å². The fourth-order valence-electron chi connectivity index (χ4n) is 4.92. The fourth-order valence-corrected chi connectivity index (χ4v) is 4.92. The molecule has 2 amide bonds. The zero-order valence-electron chi connectivity index (χ0n) is 19.5. The van der Waals surface area contributed by atoms with E-state index in [4.69, 9.17) is 4.74 Å². The molecule has 0 radical (unpaired) electrons. The summed E-state index contributed by atoms with van der Waals surface area (Å²) in [4.78, 5) is 38.8. The van der Waals surface area contributed by atoms with Gasteiger partial charge in [-0.15, -0.1) is 0 Å². The van der Waals surface area contributed by atoms with Crippen molar-refractivity contribution in [3.05, 3.63) is 54.1 Å². The normalized spacial score (nSPS) is 22.9. The SMILES string of the molecule is CN1CCCCCCCN(C(=O)c2cnccn2)[C@@H]2CCCC[C@@H]2Oc2ccccc2C1=O. The van der Waals surface area contributed by atoms with E-state index in [2.05, 4.69) is 9.97 Å².